The molecular weight excluding hydrogens is 294 g/mol. The van der Waals surface area contributed by atoms with Crippen LogP contribution in [0, 0.1) is 6.92 Å². The number of nitrogens with zero attached hydrogens (tertiary/aromatic N) is 1. The van der Waals surface area contributed by atoms with E-state index >= 15 is 0 Å². The summed E-state index contributed by atoms with van der Waals surface area (Å²) in [7, 11) is 0. The maximum Gasteiger partial charge on any atom is 0.131 e. The van der Waals surface area contributed by atoms with E-state index in [0.717, 1.165) is 34.2 Å². The highest BCUT2D eigenvalue weighted by Gasteiger charge is 2.07. The van der Waals surface area contributed by atoms with E-state index in [0.29, 0.717) is 19.1 Å². The Hall–Kier alpha value is -1.26. The fourth-order valence-corrected chi connectivity index (χ4v) is 2.53. The molecule has 0 spiro atoms. The van der Waals surface area contributed by atoms with Gasteiger partial charge in [0.2, 0.25) is 0 Å². The topological polar surface area (TPSA) is 31.4 Å². The average Bonchev–Trinajstić information content (AvgIpc) is 2.88. The fraction of sp³-hybridized carbons (Fsp3) is 0.400. The molecule has 0 aliphatic heterocycles. The van der Waals surface area contributed by atoms with E-state index in [4.69, 9.17) is 21.1 Å². The number of benzene rings is 1. The van der Waals surface area contributed by atoms with Crippen molar-refractivity contribution in [2.75, 3.05) is 6.61 Å². The molecule has 0 atom stereocenters. The van der Waals surface area contributed by atoms with Crippen LogP contribution in [0.4, 0.5) is 0 Å². The van der Waals surface area contributed by atoms with Crippen molar-refractivity contribution in [3.05, 3.63) is 39.8 Å². The van der Waals surface area contributed by atoms with E-state index in [2.05, 4.69) is 11.9 Å². The standard InChI is InChI=1S/C15H18ClNO2S/c1-3-6-18-14-5-4-12(8-16)15(7-14)19-9-13-10-20-11(2)17-13/h4-5,7,10H,3,6,8-9H2,1-2H3. The van der Waals surface area contributed by atoms with Crippen LogP contribution in [-0.4, -0.2) is 11.6 Å². The Bertz CT molecular complexity index is 557. The normalized spacial score (nSPS) is 10.6. The number of aryl methyl sites for hydroxylation is 1. The van der Waals surface area contributed by atoms with Crippen molar-refractivity contribution in [2.45, 2.75) is 32.8 Å². The van der Waals surface area contributed by atoms with Gasteiger partial charge in [0.1, 0.15) is 18.1 Å². The molecule has 1 aromatic heterocycles. The van der Waals surface area contributed by atoms with Crippen LogP contribution in [0.5, 0.6) is 11.5 Å². The summed E-state index contributed by atoms with van der Waals surface area (Å²) in [4.78, 5) is 4.38. The van der Waals surface area contributed by atoms with Crippen LogP contribution >= 0.6 is 22.9 Å². The monoisotopic (exact) mass is 311 g/mol. The molecule has 1 heterocycles. The minimum absolute atomic E-state index is 0.416. The number of ether oxygens (including phenoxy) is 2. The highest BCUT2D eigenvalue weighted by atomic mass is 35.5. The Morgan fingerprint density at radius 3 is 2.80 bits per heavy atom. The molecule has 0 fully saturated rings. The van der Waals surface area contributed by atoms with E-state index in [1.165, 1.54) is 0 Å². The van der Waals surface area contributed by atoms with Gasteiger partial charge in [-0.25, -0.2) is 4.98 Å². The number of hydrogen-bond acceptors (Lipinski definition) is 4. The fourth-order valence-electron chi connectivity index (χ4n) is 1.72. The predicted molar refractivity (Wildman–Crippen MR) is 83.0 cm³/mol. The molecule has 20 heavy (non-hydrogen) atoms. The van der Waals surface area contributed by atoms with Gasteiger partial charge in [-0.2, -0.15) is 0 Å². The molecule has 0 aliphatic rings. The molecule has 0 saturated heterocycles. The number of rotatable bonds is 7. The zero-order valence-electron chi connectivity index (χ0n) is 11.7. The van der Waals surface area contributed by atoms with E-state index in [-0.39, 0.29) is 0 Å². The predicted octanol–water partition coefficient (Wildman–Crippen LogP) is 4.56. The number of hydrogen-bond donors (Lipinski definition) is 0. The van der Waals surface area contributed by atoms with Crippen LogP contribution in [0.2, 0.25) is 0 Å². The van der Waals surface area contributed by atoms with Gasteiger partial charge < -0.3 is 9.47 Å². The smallest absolute Gasteiger partial charge is 0.131 e. The first-order valence-corrected chi connectivity index (χ1v) is 7.99. The SMILES string of the molecule is CCCOc1ccc(CCl)c(OCc2csc(C)n2)c1. The maximum atomic E-state index is 5.94. The van der Waals surface area contributed by atoms with Crippen molar-refractivity contribution in [3.63, 3.8) is 0 Å². The van der Waals surface area contributed by atoms with Gasteiger partial charge in [0, 0.05) is 17.0 Å². The Kier molecular flexibility index (Phi) is 5.68. The lowest BCUT2D eigenvalue weighted by Crippen LogP contribution is -2.00. The summed E-state index contributed by atoms with van der Waals surface area (Å²) >= 11 is 7.56. The molecule has 108 valence electrons. The number of aromatic nitrogens is 1. The summed E-state index contributed by atoms with van der Waals surface area (Å²) < 4.78 is 11.4. The second-order valence-electron chi connectivity index (χ2n) is 4.40. The molecular formula is C15H18ClNO2S. The van der Waals surface area contributed by atoms with Crippen LogP contribution in [0.15, 0.2) is 23.6 Å². The number of alkyl halides is 1. The third-order valence-electron chi connectivity index (χ3n) is 2.70. The van der Waals surface area contributed by atoms with Crippen LogP contribution < -0.4 is 9.47 Å². The molecule has 5 heteroatoms. The molecule has 2 aromatic rings. The van der Waals surface area contributed by atoms with Gasteiger partial charge >= 0.3 is 0 Å². The van der Waals surface area contributed by atoms with Gasteiger partial charge in [0.15, 0.2) is 0 Å². The minimum Gasteiger partial charge on any atom is -0.493 e. The van der Waals surface area contributed by atoms with Gasteiger partial charge in [-0.3, -0.25) is 0 Å². The van der Waals surface area contributed by atoms with E-state index in [1.54, 1.807) is 11.3 Å². The van der Waals surface area contributed by atoms with Crippen molar-refractivity contribution in [1.82, 2.24) is 4.98 Å². The molecule has 0 radical (unpaired) electrons. The number of halogens is 1. The maximum absolute atomic E-state index is 5.94. The van der Waals surface area contributed by atoms with E-state index in [1.807, 2.05) is 30.5 Å². The third kappa shape index (κ3) is 4.12. The quantitative estimate of drug-likeness (QED) is 0.702. The average molecular weight is 312 g/mol. The summed E-state index contributed by atoms with van der Waals surface area (Å²) in [6.07, 6.45) is 0.978. The van der Waals surface area contributed by atoms with Crippen LogP contribution in [0.1, 0.15) is 29.6 Å². The Balaban J connectivity index is 2.07. The molecule has 2 rings (SSSR count). The summed E-state index contributed by atoms with van der Waals surface area (Å²) in [6, 6.07) is 5.76. The van der Waals surface area contributed by atoms with Crippen LogP contribution in [0.25, 0.3) is 0 Å². The lowest BCUT2D eigenvalue weighted by Gasteiger charge is -2.12. The highest BCUT2D eigenvalue weighted by molar-refractivity contribution is 7.09. The van der Waals surface area contributed by atoms with Crippen LogP contribution in [0.3, 0.4) is 0 Å². The van der Waals surface area contributed by atoms with Crippen LogP contribution in [-0.2, 0) is 12.5 Å². The summed E-state index contributed by atoms with van der Waals surface area (Å²) in [5.41, 5.74) is 1.90. The molecule has 0 saturated carbocycles. The van der Waals surface area contributed by atoms with Gasteiger partial charge in [-0.05, 0) is 19.4 Å². The van der Waals surface area contributed by atoms with Crippen molar-refractivity contribution in [1.29, 1.82) is 0 Å². The molecule has 0 N–H and O–H groups in total. The first-order valence-electron chi connectivity index (χ1n) is 6.58. The zero-order valence-corrected chi connectivity index (χ0v) is 13.3. The molecule has 1 aromatic carbocycles. The molecule has 0 aliphatic carbocycles. The van der Waals surface area contributed by atoms with Gasteiger partial charge in [-0.15, -0.1) is 22.9 Å². The first-order chi connectivity index (χ1) is 9.72. The van der Waals surface area contributed by atoms with Crippen molar-refractivity contribution in [2.24, 2.45) is 0 Å². The van der Waals surface area contributed by atoms with E-state index in [9.17, 15) is 0 Å². The van der Waals surface area contributed by atoms with Gasteiger partial charge in [-0.1, -0.05) is 13.0 Å². The van der Waals surface area contributed by atoms with Crippen molar-refractivity contribution >= 4 is 22.9 Å². The highest BCUT2D eigenvalue weighted by Crippen LogP contribution is 2.27. The Morgan fingerprint density at radius 2 is 2.15 bits per heavy atom. The summed E-state index contributed by atoms with van der Waals surface area (Å²) in [6.45, 7) is 5.21. The van der Waals surface area contributed by atoms with Gasteiger partial charge in [0.25, 0.3) is 0 Å². The first kappa shape index (κ1) is 15.1. The Labute approximate surface area is 128 Å². The molecule has 0 bridgehead atoms. The third-order valence-corrected chi connectivity index (χ3v) is 3.81. The second-order valence-corrected chi connectivity index (χ2v) is 5.73. The van der Waals surface area contributed by atoms with Gasteiger partial charge in [0.05, 0.1) is 23.2 Å². The number of thiazole rings is 1. The van der Waals surface area contributed by atoms with Crippen molar-refractivity contribution < 1.29 is 9.47 Å². The van der Waals surface area contributed by atoms with E-state index < -0.39 is 0 Å². The molecule has 0 unspecified atom stereocenters. The molecule has 0 amide bonds. The van der Waals surface area contributed by atoms with Crippen molar-refractivity contribution in [3.8, 4) is 11.5 Å². The zero-order chi connectivity index (χ0) is 14.4. The Morgan fingerprint density at radius 1 is 1.30 bits per heavy atom. The second kappa shape index (κ2) is 7.50. The minimum atomic E-state index is 0.416. The molecule has 3 nitrogen and oxygen atoms in total. The summed E-state index contributed by atoms with van der Waals surface area (Å²) in [5.74, 6) is 1.99. The lowest BCUT2D eigenvalue weighted by atomic mass is 10.2. The summed E-state index contributed by atoms with van der Waals surface area (Å²) in [5, 5.41) is 3.05. The largest absolute Gasteiger partial charge is 0.493 e. The lowest BCUT2D eigenvalue weighted by molar-refractivity contribution is 0.290.